The van der Waals surface area contributed by atoms with E-state index < -0.39 is 0 Å². The van der Waals surface area contributed by atoms with Gasteiger partial charge in [0.2, 0.25) is 0 Å². The molecule has 0 unspecified atom stereocenters. The van der Waals surface area contributed by atoms with Crippen LogP contribution in [-0.2, 0) is 12.8 Å². The molecule has 1 fully saturated rings. The molecule has 0 saturated carbocycles. The molecule has 0 amide bonds. The molecular formula is C20H24IN3O4. The lowest BCUT2D eigenvalue weighted by atomic mass is 10.1. The number of nitrogens with zero attached hydrogens (tertiary/aromatic N) is 3. The van der Waals surface area contributed by atoms with Gasteiger partial charge in [-0.2, -0.15) is 0 Å². The number of nitro groups is 2. The topological polar surface area (TPSA) is 89.5 Å². The van der Waals surface area contributed by atoms with Crippen LogP contribution in [0.5, 0.6) is 0 Å². The molecule has 2 aromatic carbocycles. The van der Waals surface area contributed by atoms with Crippen molar-refractivity contribution in [3.8, 4) is 0 Å². The molecule has 1 saturated heterocycles. The van der Waals surface area contributed by atoms with Crippen LogP contribution in [0.4, 0.5) is 11.4 Å². The molecule has 28 heavy (non-hydrogen) atoms. The van der Waals surface area contributed by atoms with Gasteiger partial charge in [-0.1, -0.05) is 46.9 Å². The standard InChI is InChI=1S/C12H16N2O2.C8H8INO2/c15-14(16)12-5-3-4-11(10-12)6-9-13-7-1-2-8-13;9-5-4-7-2-1-3-8(6-7)10(11)12/h3-5,10H,1-2,6-9H2;1-3,6H,4-5H2. The number of rotatable bonds is 7. The van der Waals surface area contributed by atoms with Crippen LogP contribution < -0.4 is 0 Å². The minimum Gasteiger partial charge on any atom is -0.303 e. The molecule has 1 aliphatic rings. The fraction of sp³-hybridized carbons (Fsp3) is 0.400. The molecule has 2 aromatic rings. The summed E-state index contributed by atoms with van der Waals surface area (Å²) < 4.78 is 0.985. The Balaban J connectivity index is 0.000000209. The Morgan fingerprint density at radius 2 is 1.36 bits per heavy atom. The number of benzene rings is 2. The summed E-state index contributed by atoms with van der Waals surface area (Å²) >= 11 is 2.25. The molecule has 1 aliphatic heterocycles. The van der Waals surface area contributed by atoms with Crippen LogP contribution in [0.1, 0.15) is 24.0 Å². The Bertz CT molecular complexity index is 795. The average Bonchev–Trinajstić information content (AvgIpc) is 3.21. The van der Waals surface area contributed by atoms with Gasteiger partial charge in [0.25, 0.3) is 11.4 Å². The van der Waals surface area contributed by atoms with Crippen LogP contribution in [0.15, 0.2) is 48.5 Å². The second kappa shape index (κ2) is 11.7. The van der Waals surface area contributed by atoms with E-state index in [-0.39, 0.29) is 21.2 Å². The lowest BCUT2D eigenvalue weighted by Gasteiger charge is -2.13. The number of halogens is 1. The normalized spacial score (nSPS) is 13.6. The van der Waals surface area contributed by atoms with E-state index in [4.69, 9.17) is 0 Å². The first-order chi connectivity index (χ1) is 13.5. The Morgan fingerprint density at radius 1 is 0.857 bits per heavy atom. The van der Waals surface area contributed by atoms with Crippen molar-refractivity contribution in [1.29, 1.82) is 0 Å². The summed E-state index contributed by atoms with van der Waals surface area (Å²) in [5, 5.41) is 21.0. The predicted molar refractivity (Wildman–Crippen MR) is 118 cm³/mol. The van der Waals surface area contributed by atoms with Crippen LogP contribution in [0.2, 0.25) is 0 Å². The number of alkyl halides is 1. The summed E-state index contributed by atoms with van der Waals surface area (Å²) in [5.74, 6) is 0. The molecule has 0 bridgehead atoms. The Kier molecular flexibility index (Phi) is 9.29. The van der Waals surface area contributed by atoms with Gasteiger partial charge < -0.3 is 4.90 Å². The number of nitro benzene ring substituents is 2. The fourth-order valence-corrected chi connectivity index (χ4v) is 3.68. The van der Waals surface area contributed by atoms with E-state index in [2.05, 4.69) is 27.5 Å². The van der Waals surface area contributed by atoms with Crippen molar-refractivity contribution in [1.82, 2.24) is 4.90 Å². The van der Waals surface area contributed by atoms with E-state index in [9.17, 15) is 20.2 Å². The van der Waals surface area contributed by atoms with E-state index in [1.807, 2.05) is 12.1 Å². The van der Waals surface area contributed by atoms with E-state index in [0.717, 1.165) is 34.9 Å². The van der Waals surface area contributed by atoms with Gasteiger partial charge in [0.1, 0.15) is 0 Å². The monoisotopic (exact) mass is 497 g/mol. The van der Waals surface area contributed by atoms with Crippen molar-refractivity contribution >= 4 is 34.0 Å². The second-order valence-corrected chi connectivity index (χ2v) is 7.67. The largest absolute Gasteiger partial charge is 0.303 e. The van der Waals surface area contributed by atoms with Gasteiger partial charge in [-0.05, 0) is 49.9 Å². The van der Waals surface area contributed by atoms with Crippen LogP contribution in [0, 0.1) is 20.2 Å². The lowest BCUT2D eigenvalue weighted by molar-refractivity contribution is -0.385. The van der Waals surface area contributed by atoms with Gasteiger partial charge >= 0.3 is 0 Å². The molecule has 0 atom stereocenters. The lowest BCUT2D eigenvalue weighted by Crippen LogP contribution is -2.21. The Morgan fingerprint density at radius 3 is 1.82 bits per heavy atom. The number of hydrogen-bond donors (Lipinski definition) is 0. The number of likely N-dealkylation sites (tertiary alicyclic amines) is 1. The van der Waals surface area contributed by atoms with Crippen molar-refractivity contribution in [3.05, 3.63) is 79.9 Å². The summed E-state index contributed by atoms with van der Waals surface area (Å²) in [5.41, 5.74) is 2.45. The maximum Gasteiger partial charge on any atom is 0.269 e. The van der Waals surface area contributed by atoms with Crippen molar-refractivity contribution in [2.24, 2.45) is 0 Å². The van der Waals surface area contributed by atoms with Gasteiger partial charge in [-0.3, -0.25) is 20.2 Å². The summed E-state index contributed by atoms with van der Waals surface area (Å²) in [6.45, 7) is 3.37. The van der Waals surface area contributed by atoms with E-state index in [0.29, 0.717) is 0 Å². The Labute approximate surface area is 178 Å². The Hall–Kier alpha value is -2.07. The molecule has 0 spiro atoms. The molecular weight excluding hydrogens is 473 g/mol. The summed E-state index contributed by atoms with van der Waals surface area (Å²) in [6.07, 6.45) is 4.37. The number of non-ortho nitro benzene ring substituents is 2. The highest BCUT2D eigenvalue weighted by Crippen LogP contribution is 2.15. The SMILES string of the molecule is O=[N+]([O-])c1cccc(CCI)c1.O=[N+]([O-])c1cccc(CCN2CCCC2)c1. The minimum atomic E-state index is -0.364. The molecule has 3 rings (SSSR count). The molecule has 8 heteroatoms. The summed E-state index contributed by atoms with van der Waals surface area (Å²) in [6, 6.07) is 13.7. The number of hydrogen-bond acceptors (Lipinski definition) is 5. The first-order valence-electron chi connectivity index (χ1n) is 9.24. The molecule has 0 aromatic heterocycles. The van der Waals surface area contributed by atoms with Crippen LogP contribution >= 0.6 is 22.6 Å². The fourth-order valence-electron chi connectivity index (χ4n) is 3.05. The molecule has 0 N–H and O–H groups in total. The quantitative estimate of drug-likeness (QED) is 0.237. The molecule has 150 valence electrons. The predicted octanol–water partition coefficient (Wildman–Crippen LogP) is 4.81. The first-order valence-corrected chi connectivity index (χ1v) is 10.8. The summed E-state index contributed by atoms with van der Waals surface area (Å²) in [4.78, 5) is 22.7. The van der Waals surface area contributed by atoms with Crippen molar-refractivity contribution in [2.75, 3.05) is 24.1 Å². The second-order valence-electron chi connectivity index (χ2n) is 6.59. The molecule has 0 aliphatic carbocycles. The third-order valence-electron chi connectivity index (χ3n) is 4.54. The van der Waals surface area contributed by atoms with Crippen LogP contribution in [0.25, 0.3) is 0 Å². The van der Waals surface area contributed by atoms with Gasteiger partial charge in [0.15, 0.2) is 0 Å². The summed E-state index contributed by atoms with van der Waals surface area (Å²) in [7, 11) is 0. The zero-order chi connectivity index (χ0) is 20.4. The van der Waals surface area contributed by atoms with Gasteiger partial charge in [0, 0.05) is 35.2 Å². The van der Waals surface area contributed by atoms with Crippen molar-refractivity contribution in [2.45, 2.75) is 25.7 Å². The highest BCUT2D eigenvalue weighted by atomic mass is 127. The van der Waals surface area contributed by atoms with E-state index in [1.54, 1.807) is 30.3 Å². The van der Waals surface area contributed by atoms with E-state index >= 15 is 0 Å². The highest BCUT2D eigenvalue weighted by molar-refractivity contribution is 14.1. The molecule has 1 heterocycles. The number of aryl methyl sites for hydroxylation is 1. The maximum atomic E-state index is 10.6. The first kappa shape index (κ1) is 22.2. The van der Waals surface area contributed by atoms with Crippen molar-refractivity contribution in [3.63, 3.8) is 0 Å². The smallest absolute Gasteiger partial charge is 0.269 e. The maximum absolute atomic E-state index is 10.6. The van der Waals surface area contributed by atoms with Crippen LogP contribution in [0.3, 0.4) is 0 Å². The third kappa shape index (κ3) is 7.51. The van der Waals surface area contributed by atoms with Crippen LogP contribution in [-0.4, -0.2) is 38.8 Å². The zero-order valence-corrected chi connectivity index (χ0v) is 17.8. The third-order valence-corrected chi connectivity index (χ3v) is 5.08. The highest BCUT2D eigenvalue weighted by Gasteiger charge is 2.12. The van der Waals surface area contributed by atoms with Gasteiger partial charge in [0.05, 0.1) is 9.85 Å². The zero-order valence-electron chi connectivity index (χ0n) is 15.6. The van der Waals surface area contributed by atoms with Crippen molar-refractivity contribution < 1.29 is 9.85 Å². The van der Waals surface area contributed by atoms with E-state index in [1.165, 1.54) is 32.0 Å². The molecule has 7 nitrogen and oxygen atoms in total. The average molecular weight is 497 g/mol. The van der Waals surface area contributed by atoms with Gasteiger partial charge in [-0.15, -0.1) is 0 Å². The minimum absolute atomic E-state index is 0.178. The molecule has 0 radical (unpaired) electrons. The van der Waals surface area contributed by atoms with Gasteiger partial charge in [-0.25, -0.2) is 0 Å².